The molecule has 21 heavy (non-hydrogen) atoms. The van der Waals surface area contributed by atoms with Gasteiger partial charge in [0, 0.05) is 28.3 Å². The normalized spacial score (nSPS) is 10.8. The number of alkyl halides is 2. The van der Waals surface area contributed by atoms with E-state index in [1.807, 2.05) is 0 Å². The summed E-state index contributed by atoms with van der Waals surface area (Å²) in [5, 5.41) is 2.80. The highest BCUT2D eigenvalue weighted by Gasteiger charge is 2.10. The highest BCUT2D eigenvalue weighted by atomic mass is 79.9. The molecule has 2 rings (SSSR count). The summed E-state index contributed by atoms with van der Waals surface area (Å²) in [6.07, 6.45) is 0. The summed E-state index contributed by atoms with van der Waals surface area (Å²) in [4.78, 5) is 0. The predicted octanol–water partition coefficient (Wildman–Crippen LogP) is 4.94. The molecule has 0 aliphatic heterocycles. The lowest BCUT2D eigenvalue weighted by molar-refractivity contribution is -0.0521. The number of rotatable bonds is 5. The fourth-order valence-electron chi connectivity index (χ4n) is 1.66. The van der Waals surface area contributed by atoms with E-state index in [0.29, 0.717) is 15.7 Å². The van der Waals surface area contributed by atoms with Crippen LogP contribution in [0.3, 0.4) is 0 Å². The lowest BCUT2D eigenvalue weighted by Gasteiger charge is -2.10. The molecule has 0 radical (unpaired) electrons. The summed E-state index contributed by atoms with van der Waals surface area (Å²) in [6, 6.07) is 8.04. The molecule has 0 aliphatic carbocycles. The van der Waals surface area contributed by atoms with Gasteiger partial charge in [0.15, 0.2) is 11.6 Å². The van der Waals surface area contributed by atoms with Gasteiger partial charge in [-0.25, -0.2) is 8.78 Å². The van der Waals surface area contributed by atoms with Crippen molar-refractivity contribution in [3.63, 3.8) is 0 Å². The van der Waals surface area contributed by atoms with E-state index < -0.39 is 24.0 Å². The van der Waals surface area contributed by atoms with Gasteiger partial charge in [-0.2, -0.15) is 8.78 Å². The zero-order valence-electron chi connectivity index (χ0n) is 10.5. The first-order chi connectivity index (χ1) is 9.95. The molecular weight excluding hydrogens is 354 g/mol. The monoisotopic (exact) mass is 363 g/mol. The third-order valence-corrected chi connectivity index (χ3v) is 3.14. The lowest BCUT2D eigenvalue weighted by atomic mass is 10.2. The highest BCUT2D eigenvalue weighted by Crippen LogP contribution is 2.23. The maximum Gasteiger partial charge on any atom is 0.387 e. The second kappa shape index (κ2) is 6.80. The minimum Gasteiger partial charge on any atom is -0.432 e. The highest BCUT2D eigenvalue weighted by molar-refractivity contribution is 9.10. The van der Waals surface area contributed by atoms with Crippen LogP contribution in [0, 0.1) is 11.6 Å². The number of anilines is 1. The zero-order valence-corrected chi connectivity index (χ0v) is 12.1. The number of nitrogens with one attached hydrogen (secondary N) is 1. The van der Waals surface area contributed by atoms with E-state index in [1.54, 1.807) is 12.1 Å². The minimum atomic E-state index is -3.09. The Morgan fingerprint density at radius 3 is 2.43 bits per heavy atom. The van der Waals surface area contributed by atoms with E-state index >= 15 is 0 Å². The maximum absolute atomic E-state index is 13.6. The molecule has 7 heteroatoms. The second-order valence-corrected chi connectivity index (χ2v) is 5.03. The molecule has 2 aromatic rings. The van der Waals surface area contributed by atoms with Gasteiger partial charge in [-0.05, 0) is 24.3 Å². The molecule has 0 fully saturated rings. The summed E-state index contributed by atoms with van der Waals surface area (Å²) >= 11 is 3.14. The summed E-state index contributed by atoms with van der Waals surface area (Å²) in [5.41, 5.74) is 0.725. The largest absolute Gasteiger partial charge is 0.432 e. The standard InChI is InChI=1S/C14H10BrF4NO/c15-9-2-1-8(11(16)5-9)7-20-10-3-4-13(12(17)6-10)21-14(18)19/h1-6,14,20H,7H2. The Morgan fingerprint density at radius 1 is 1.05 bits per heavy atom. The van der Waals surface area contributed by atoms with Gasteiger partial charge in [0.05, 0.1) is 0 Å². The first kappa shape index (κ1) is 15.6. The number of benzene rings is 2. The Hall–Kier alpha value is -1.76. The third-order valence-electron chi connectivity index (χ3n) is 2.65. The minimum absolute atomic E-state index is 0.133. The van der Waals surface area contributed by atoms with Crippen LogP contribution in [0.25, 0.3) is 0 Å². The van der Waals surface area contributed by atoms with Crippen molar-refractivity contribution in [1.82, 2.24) is 0 Å². The van der Waals surface area contributed by atoms with Crippen LogP contribution in [0.1, 0.15) is 5.56 Å². The van der Waals surface area contributed by atoms with E-state index in [0.717, 1.165) is 12.1 Å². The fraction of sp³-hybridized carbons (Fsp3) is 0.143. The maximum atomic E-state index is 13.6. The van der Waals surface area contributed by atoms with Gasteiger partial charge < -0.3 is 10.1 Å². The van der Waals surface area contributed by atoms with Gasteiger partial charge in [0.25, 0.3) is 0 Å². The lowest BCUT2D eigenvalue weighted by Crippen LogP contribution is -2.05. The van der Waals surface area contributed by atoms with E-state index in [4.69, 9.17) is 0 Å². The fourth-order valence-corrected chi connectivity index (χ4v) is 2.00. The van der Waals surface area contributed by atoms with E-state index in [9.17, 15) is 17.6 Å². The molecule has 112 valence electrons. The van der Waals surface area contributed by atoms with Crippen LogP contribution in [-0.4, -0.2) is 6.61 Å². The molecule has 0 aromatic heterocycles. The van der Waals surface area contributed by atoms with Crippen LogP contribution in [0.4, 0.5) is 23.2 Å². The van der Waals surface area contributed by atoms with Gasteiger partial charge in [-0.3, -0.25) is 0 Å². The molecule has 2 aromatic carbocycles. The van der Waals surface area contributed by atoms with Crippen LogP contribution >= 0.6 is 15.9 Å². The quantitative estimate of drug-likeness (QED) is 0.759. The van der Waals surface area contributed by atoms with Crippen molar-refractivity contribution in [2.45, 2.75) is 13.2 Å². The van der Waals surface area contributed by atoms with Crippen LogP contribution in [0.15, 0.2) is 40.9 Å². The molecule has 0 spiro atoms. The van der Waals surface area contributed by atoms with Crippen LogP contribution in [-0.2, 0) is 6.54 Å². The van der Waals surface area contributed by atoms with Crippen LogP contribution < -0.4 is 10.1 Å². The molecular formula is C14H10BrF4NO. The number of hydrogen-bond acceptors (Lipinski definition) is 2. The molecule has 0 bridgehead atoms. The second-order valence-electron chi connectivity index (χ2n) is 4.11. The molecule has 0 atom stereocenters. The van der Waals surface area contributed by atoms with Crippen molar-refractivity contribution in [1.29, 1.82) is 0 Å². The van der Waals surface area contributed by atoms with Crippen LogP contribution in [0.5, 0.6) is 5.75 Å². The number of ether oxygens (including phenoxy) is 1. The molecule has 0 heterocycles. The van der Waals surface area contributed by atoms with E-state index in [1.165, 1.54) is 12.1 Å². The summed E-state index contributed by atoms with van der Waals surface area (Å²) in [6.45, 7) is -2.96. The molecule has 2 nitrogen and oxygen atoms in total. The molecule has 0 aliphatic rings. The van der Waals surface area contributed by atoms with E-state index in [2.05, 4.69) is 26.0 Å². The Labute approximate surface area is 126 Å². The smallest absolute Gasteiger partial charge is 0.387 e. The first-order valence-corrected chi connectivity index (χ1v) is 6.67. The summed E-state index contributed by atoms with van der Waals surface area (Å²) in [5.74, 6) is -1.86. The SMILES string of the molecule is Fc1cc(Br)ccc1CNc1ccc(OC(F)F)c(F)c1. The summed E-state index contributed by atoms with van der Waals surface area (Å²) in [7, 11) is 0. The van der Waals surface area contributed by atoms with Gasteiger partial charge in [0.2, 0.25) is 0 Å². The third kappa shape index (κ3) is 4.35. The van der Waals surface area contributed by atoms with Crippen molar-refractivity contribution in [3.8, 4) is 5.75 Å². The van der Waals surface area contributed by atoms with Crippen molar-refractivity contribution in [2.24, 2.45) is 0 Å². The predicted molar refractivity (Wildman–Crippen MR) is 74.5 cm³/mol. The Balaban J connectivity index is 2.05. The van der Waals surface area contributed by atoms with E-state index in [-0.39, 0.29) is 6.54 Å². The number of hydrogen-bond donors (Lipinski definition) is 1. The Kier molecular flexibility index (Phi) is 5.06. The molecule has 0 unspecified atom stereocenters. The molecule has 0 amide bonds. The molecule has 1 N–H and O–H groups in total. The van der Waals surface area contributed by atoms with Gasteiger partial charge >= 0.3 is 6.61 Å². The average Bonchev–Trinajstić information content (AvgIpc) is 2.40. The average molecular weight is 364 g/mol. The van der Waals surface area contributed by atoms with Crippen molar-refractivity contribution >= 4 is 21.6 Å². The number of halogens is 5. The van der Waals surface area contributed by atoms with Crippen LogP contribution in [0.2, 0.25) is 0 Å². The first-order valence-electron chi connectivity index (χ1n) is 5.88. The van der Waals surface area contributed by atoms with Gasteiger partial charge in [0.1, 0.15) is 5.82 Å². The van der Waals surface area contributed by atoms with Crippen molar-refractivity contribution in [3.05, 3.63) is 58.1 Å². The topological polar surface area (TPSA) is 21.3 Å². The molecule has 0 saturated carbocycles. The Bertz CT molecular complexity index is 636. The Morgan fingerprint density at radius 2 is 1.81 bits per heavy atom. The van der Waals surface area contributed by atoms with Crippen molar-refractivity contribution in [2.75, 3.05) is 5.32 Å². The summed E-state index contributed by atoms with van der Waals surface area (Å²) < 4.78 is 55.7. The van der Waals surface area contributed by atoms with Gasteiger partial charge in [-0.1, -0.05) is 22.0 Å². The molecule has 0 saturated heterocycles. The van der Waals surface area contributed by atoms with Crippen molar-refractivity contribution < 1.29 is 22.3 Å². The van der Waals surface area contributed by atoms with Gasteiger partial charge in [-0.15, -0.1) is 0 Å². The zero-order chi connectivity index (χ0) is 15.4.